The molecule has 0 radical (unpaired) electrons. The maximum absolute atomic E-state index is 11.2. The number of Topliss-reactive ketones (excluding diaryl/α,β-unsaturated/α-hetero) is 1. The van der Waals surface area contributed by atoms with Gasteiger partial charge < -0.3 is 0 Å². The number of hydrogen-bond donors (Lipinski definition) is 0. The van der Waals surface area contributed by atoms with Crippen LogP contribution >= 0.6 is 23.2 Å². The molecule has 0 aliphatic rings. The minimum atomic E-state index is 0.0562. The second-order valence-corrected chi connectivity index (χ2v) is 4.66. The third-order valence-corrected chi connectivity index (χ3v) is 2.92. The summed E-state index contributed by atoms with van der Waals surface area (Å²) in [5.74, 6) is 0.0562. The number of hydrogen-bond acceptors (Lipinski definition) is 1. The van der Waals surface area contributed by atoms with Gasteiger partial charge >= 0.3 is 0 Å². The molecule has 0 aliphatic heterocycles. The van der Waals surface area contributed by atoms with Gasteiger partial charge in [0, 0.05) is 15.6 Å². The summed E-state index contributed by atoms with van der Waals surface area (Å²) in [7, 11) is 0. The lowest BCUT2D eigenvalue weighted by molar-refractivity contribution is 0.101. The van der Waals surface area contributed by atoms with Crippen molar-refractivity contribution in [3.63, 3.8) is 0 Å². The van der Waals surface area contributed by atoms with Gasteiger partial charge in [0.25, 0.3) is 0 Å². The van der Waals surface area contributed by atoms with Crippen LogP contribution in [0.3, 0.4) is 0 Å². The molecule has 2 rings (SSSR count). The van der Waals surface area contributed by atoms with Gasteiger partial charge in [-0.2, -0.15) is 0 Å². The SMILES string of the molecule is CC(=O)c1ccc(-c2cc(Cl)cc(Cl)c2)cc1. The molecule has 0 bridgehead atoms. The molecule has 0 fully saturated rings. The van der Waals surface area contributed by atoms with Crippen molar-refractivity contribution in [2.75, 3.05) is 0 Å². The van der Waals surface area contributed by atoms with Crippen molar-refractivity contribution in [3.8, 4) is 11.1 Å². The number of halogens is 2. The Bertz CT molecular complexity index is 539. The molecule has 2 aromatic carbocycles. The Kier molecular flexibility index (Phi) is 3.51. The van der Waals surface area contributed by atoms with E-state index >= 15 is 0 Å². The molecule has 0 saturated heterocycles. The number of ketones is 1. The van der Waals surface area contributed by atoms with E-state index in [9.17, 15) is 4.79 Å². The van der Waals surface area contributed by atoms with Gasteiger partial charge in [-0.3, -0.25) is 4.79 Å². The van der Waals surface area contributed by atoms with E-state index in [0.717, 1.165) is 11.1 Å². The fourth-order valence-corrected chi connectivity index (χ4v) is 2.14. The van der Waals surface area contributed by atoms with Crippen LogP contribution in [0.2, 0.25) is 10.0 Å². The first kappa shape index (κ1) is 12.2. The molecule has 0 amide bonds. The maximum Gasteiger partial charge on any atom is 0.159 e. The maximum atomic E-state index is 11.2. The van der Waals surface area contributed by atoms with E-state index in [1.165, 1.54) is 0 Å². The van der Waals surface area contributed by atoms with Gasteiger partial charge in [-0.05, 0) is 36.2 Å². The number of carbonyl (C=O) groups excluding carboxylic acids is 1. The smallest absolute Gasteiger partial charge is 0.159 e. The normalized spacial score (nSPS) is 10.3. The van der Waals surface area contributed by atoms with Gasteiger partial charge in [0.2, 0.25) is 0 Å². The zero-order chi connectivity index (χ0) is 12.4. The second kappa shape index (κ2) is 4.91. The monoisotopic (exact) mass is 264 g/mol. The highest BCUT2D eigenvalue weighted by molar-refractivity contribution is 6.35. The molecule has 0 aliphatic carbocycles. The van der Waals surface area contributed by atoms with E-state index in [1.54, 1.807) is 25.1 Å². The van der Waals surface area contributed by atoms with Gasteiger partial charge in [0.1, 0.15) is 0 Å². The Morgan fingerprint density at radius 1 is 0.882 bits per heavy atom. The Morgan fingerprint density at radius 3 is 1.88 bits per heavy atom. The van der Waals surface area contributed by atoms with Crippen LogP contribution in [0, 0.1) is 0 Å². The van der Waals surface area contributed by atoms with Gasteiger partial charge in [-0.25, -0.2) is 0 Å². The molecule has 3 heteroatoms. The van der Waals surface area contributed by atoms with Crippen LogP contribution < -0.4 is 0 Å². The summed E-state index contributed by atoms with van der Waals surface area (Å²) in [5, 5.41) is 1.20. The average molecular weight is 265 g/mol. The number of rotatable bonds is 2. The summed E-state index contributed by atoms with van der Waals surface area (Å²) in [6.07, 6.45) is 0. The summed E-state index contributed by atoms with van der Waals surface area (Å²) in [4.78, 5) is 11.2. The predicted octanol–water partition coefficient (Wildman–Crippen LogP) is 4.86. The Labute approximate surface area is 110 Å². The molecule has 2 aromatic rings. The van der Waals surface area contributed by atoms with Crippen molar-refractivity contribution in [1.82, 2.24) is 0 Å². The van der Waals surface area contributed by atoms with Crippen LogP contribution in [-0.2, 0) is 0 Å². The first-order valence-electron chi connectivity index (χ1n) is 5.14. The van der Waals surface area contributed by atoms with Crippen molar-refractivity contribution in [1.29, 1.82) is 0 Å². The van der Waals surface area contributed by atoms with Gasteiger partial charge in [-0.15, -0.1) is 0 Å². The van der Waals surface area contributed by atoms with Crippen molar-refractivity contribution < 1.29 is 4.79 Å². The summed E-state index contributed by atoms with van der Waals surface area (Å²) in [5.41, 5.74) is 2.62. The van der Waals surface area contributed by atoms with Crippen LogP contribution in [0.1, 0.15) is 17.3 Å². The fourth-order valence-electron chi connectivity index (χ4n) is 1.62. The minimum Gasteiger partial charge on any atom is -0.295 e. The quantitative estimate of drug-likeness (QED) is 0.708. The zero-order valence-electron chi connectivity index (χ0n) is 9.21. The van der Waals surface area contributed by atoms with Crippen molar-refractivity contribution in [2.24, 2.45) is 0 Å². The lowest BCUT2D eigenvalue weighted by Crippen LogP contribution is -1.90. The highest BCUT2D eigenvalue weighted by atomic mass is 35.5. The molecular formula is C14H10Cl2O. The van der Waals surface area contributed by atoms with Crippen molar-refractivity contribution in [2.45, 2.75) is 6.92 Å². The van der Waals surface area contributed by atoms with Crippen molar-refractivity contribution >= 4 is 29.0 Å². The molecule has 0 N–H and O–H groups in total. The molecule has 0 atom stereocenters. The fraction of sp³-hybridized carbons (Fsp3) is 0.0714. The topological polar surface area (TPSA) is 17.1 Å². The van der Waals surface area contributed by atoms with Gasteiger partial charge in [-0.1, -0.05) is 47.5 Å². The van der Waals surface area contributed by atoms with Crippen LogP contribution in [0.4, 0.5) is 0 Å². The number of benzene rings is 2. The molecule has 0 aromatic heterocycles. The van der Waals surface area contributed by atoms with Crippen molar-refractivity contribution in [3.05, 3.63) is 58.1 Å². The predicted molar refractivity (Wildman–Crippen MR) is 71.9 cm³/mol. The second-order valence-electron chi connectivity index (χ2n) is 3.79. The van der Waals surface area contributed by atoms with E-state index in [-0.39, 0.29) is 5.78 Å². The van der Waals surface area contributed by atoms with E-state index < -0.39 is 0 Å². The number of carbonyl (C=O) groups is 1. The van der Waals surface area contributed by atoms with Crippen LogP contribution in [0.25, 0.3) is 11.1 Å². The van der Waals surface area contributed by atoms with Crippen LogP contribution in [0.15, 0.2) is 42.5 Å². The summed E-state index contributed by atoms with van der Waals surface area (Å²) in [6.45, 7) is 1.55. The summed E-state index contributed by atoms with van der Waals surface area (Å²) < 4.78 is 0. The minimum absolute atomic E-state index is 0.0562. The largest absolute Gasteiger partial charge is 0.295 e. The molecular weight excluding hydrogens is 255 g/mol. The van der Waals surface area contributed by atoms with Gasteiger partial charge in [0.15, 0.2) is 5.78 Å². The lowest BCUT2D eigenvalue weighted by atomic mass is 10.0. The third-order valence-electron chi connectivity index (χ3n) is 2.49. The molecule has 86 valence electrons. The Hall–Kier alpha value is -1.31. The highest BCUT2D eigenvalue weighted by Crippen LogP contribution is 2.27. The van der Waals surface area contributed by atoms with E-state index in [2.05, 4.69) is 0 Å². The van der Waals surface area contributed by atoms with Crippen LogP contribution in [-0.4, -0.2) is 5.78 Å². The molecule has 0 heterocycles. The van der Waals surface area contributed by atoms with E-state index in [1.807, 2.05) is 24.3 Å². The Balaban J connectivity index is 2.43. The van der Waals surface area contributed by atoms with Gasteiger partial charge in [0.05, 0.1) is 0 Å². The average Bonchev–Trinajstić information content (AvgIpc) is 2.28. The molecule has 17 heavy (non-hydrogen) atoms. The van der Waals surface area contributed by atoms with E-state index in [4.69, 9.17) is 23.2 Å². The highest BCUT2D eigenvalue weighted by Gasteiger charge is 2.03. The molecule has 0 spiro atoms. The third kappa shape index (κ3) is 2.87. The zero-order valence-corrected chi connectivity index (χ0v) is 10.7. The van der Waals surface area contributed by atoms with Crippen LogP contribution in [0.5, 0.6) is 0 Å². The standard InChI is InChI=1S/C14H10Cl2O/c1-9(17)10-2-4-11(5-3-10)12-6-13(15)8-14(16)7-12/h2-8H,1H3. The molecule has 1 nitrogen and oxygen atoms in total. The summed E-state index contributed by atoms with van der Waals surface area (Å²) >= 11 is 11.9. The first-order chi connectivity index (χ1) is 8.06. The van der Waals surface area contributed by atoms with E-state index in [0.29, 0.717) is 15.6 Å². The lowest BCUT2D eigenvalue weighted by Gasteiger charge is -2.04. The molecule has 0 saturated carbocycles. The molecule has 0 unspecified atom stereocenters. The first-order valence-corrected chi connectivity index (χ1v) is 5.89. The summed E-state index contributed by atoms with van der Waals surface area (Å²) in [6, 6.07) is 12.7. The Morgan fingerprint density at radius 2 is 1.41 bits per heavy atom.